The molecule has 5 nitrogen and oxygen atoms in total. The summed E-state index contributed by atoms with van der Waals surface area (Å²) >= 11 is 0. The molecule has 0 N–H and O–H groups in total. The molecule has 0 unspecified atom stereocenters. The van der Waals surface area contributed by atoms with Crippen LogP contribution in [0.5, 0.6) is 0 Å². The molecule has 218 valence electrons. The molecule has 0 radical (unpaired) electrons. The van der Waals surface area contributed by atoms with Gasteiger partial charge in [0.1, 0.15) is 0 Å². The topological polar surface area (TPSA) is 41.4 Å². The summed E-state index contributed by atoms with van der Waals surface area (Å²) < 4.78 is 8.40. The first kappa shape index (κ1) is 33.0. The summed E-state index contributed by atoms with van der Waals surface area (Å²) in [4.78, 5) is 0. The van der Waals surface area contributed by atoms with Gasteiger partial charge in [-0.3, -0.25) is 0 Å². The van der Waals surface area contributed by atoms with E-state index in [2.05, 4.69) is 155 Å². The Bertz CT molecular complexity index is 1700. The fourth-order valence-electron chi connectivity index (χ4n) is 5.53. The molecular formula is C36H41N5Pt+2. The first-order valence-corrected chi connectivity index (χ1v) is 14.3. The number of aryl methyl sites for hydroxylation is 2. The van der Waals surface area contributed by atoms with Crippen molar-refractivity contribution in [3.8, 4) is 22.5 Å². The Morgan fingerprint density at radius 3 is 1.76 bits per heavy atom. The monoisotopic (exact) mass is 738 g/mol. The summed E-state index contributed by atoms with van der Waals surface area (Å²) in [6, 6.07) is 21.6. The second-order valence-corrected chi connectivity index (χ2v) is 11.8. The first-order chi connectivity index (χ1) is 19.5. The minimum atomic E-state index is 0. The SMILES string of the molecule is Cc1c(C)[n+](-c2[c-]c(-[n+]3[c-]n(C)c4ccccc43)cc(-c3c(C(C)C)cc(C(C)C)cc3C(C)C)c2)[c-]n1C.[C-]#N.[Pt+4]. The molecule has 0 bridgehead atoms. The van der Waals surface area contributed by atoms with Crippen molar-refractivity contribution in [3.05, 3.63) is 102 Å². The molecule has 42 heavy (non-hydrogen) atoms. The van der Waals surface area contributed by atoms with Gasteiger partial charge in [-0.25, -0.2) is 0 Å². The van der Waals surface area contributed by atoms with Gasteiger partial charge in [-0.15, -0.1) is 5.56 Å². The van der Waals surface area contributed by atoms with E-state index in [9.17, 15) is 0 Å². The van der Waals surface area contributed by atoms with E-state index in [0.29, 0.717) is 17.8 Å². The molecule has 5 aromatic rings. The molecule has 0 aliphatic rings. The van der Waals surface area contributed by atoms with Gasteiger partial charge < -0.3 is 30.1 Å². The normalized spacial score (nSPS) is 11.2. The van der Waals surface area contributed by atoms with E-state index >= 15 is 0 Å². The number of hydrogen-bond acceptors (Lipinski definition) is 1. The summed E-state index contributed by atoms with van der Waals surface area (Å²) in [6.45, 7) is 22.9. The number of aromatic nitrogens is 4. The van der Waals surface area contributed by atoms with Crippen LogP contribution in [0.3, 0.4) is 0 Å². The van der Waals surface area contributed by atoms with Gasteiger partial charge in [0, 0.05) is 11.4 Å². The van der Waals surface area contributed by atoms with Crippen molar-refractivity contribution in [2.24, 2.45) is 14.1 Å². The average molecular weight is 739 g/mol. The summed E-state index contributed by atoms with van der Waals surface area (Å²) in [7, 11) is 4.10. The van der Waals surface area contributed by atoms with Crippen molar-refractivity contribution in [1.82, 2.24) is 9.13 Å². The van der Waals surface area contributed by atoms with Gasteiger partial charge in [0.25, 0.3) is 0 Å². The first-order valence-electron chi connectivity index (χ1n) is 14.3. The van der Waals surface area contributed by atoms with Gasteiger partial charge in [-0.1, -0.05) is 89.3 Å². The Labute approximate surface area is 266 Å². The molecule has 0 fully saturated rings. The summed E-state index contributed by atoms with van der Waals surface area (Å²) in [5.74, 6) is 1.26. The Morgan fingerprint density at radius 1 is 0.738 bits per heavy atom. The molecule has 0 saturated heterocycles. The molecule has 3 aromatic carbocycles. The third-order valence-corrected chi connectivity index (χ3v) is 8.09. The fraction of sp³-hybridized carbons (Fsp3) is 0.361. The number of imidazole rings is 2. The van der Waals surface area contributed by atoms with Gasteiger partial charge in [0.05, 0.1) is 25.1 Å². The number of hydrogen-bond donors (Lipinski definition) is 0. The van der Waals surface area contributed by atoms with Crippen molar-refractivity contribution in [3.63, 3.8) is 0 Å². The maximum atomic E-state index is 6.25. The van der Waals surface area contributed by atoms with E-state index in [0.717, 1.165) is 28.1 Å². The van der Waals surface area contributed by atoms with Gasteiger partial charge in [-0.2, -0.15) is 18.2 Å². The molecule has 5 rings (SSSR count). The maximum Gasteiger partial charge on any atom is 4.00 e. The number of benzene rings is 3. The standard InChI is InChI=1S/C35H41N4.CN.Pt/c1-22(2)27-17-31(23(3)4)35(32(18-27)24(5)6)28-15-29(38-20-36(9)25(7)26(38)8)19-30(16-28)39-21-37(10)33-13-11-12-14-34(33)39;1-2;/h11-18,22-24H,1-10H3;;/q2*-1;+4. The predicted octanol–water partition coefficient (Wildman–Crippen LogP) is 7.22. The third kappa shape index (κ3) is 6.01. The quantitative estimate of drug-likeness (QED) is 0.134. The molecule has 0 atom stereocenters. The van der Waals surface area contributed by atoms with E-state index in [4.69, 9.17) is 11.8 Å². The fourth-order valence-corrected chi connectivity index (χ4v) is 5.53. The van der Waals surface area contributed by atoms with E-state index in [1.54, 1.807) is 0 Å². The smallest absolute Gasteiger partial charge is 0.512 e. The second kappa shape index (κ2) is 13.2. The van der Waals surface area contributed by atoms with Crippen LogP contribution in [0.25, 0.3) is 33.5 Å². The van der Waals surface area contributed by atoms with Gasteiger partial charge in [0.15, 0.2) is 0 Å². The molecule has 2 aromatic heterocycles. The Kier molecular flexibility index (Phi) is 10.4. The number of fused-ring (bicyclic) bond motifs is 1. The molecule has 6 heteroatoms. The summed E-state index contributed by atoms with van der Waals surface area (Å²) in [5, 5.41) is 6.25. The van der Waals surface area contributed by atoms with E-state index in [1.807, 2.05) is 0 Å². The van der Waals surface area contributed by atoms with E-state index in [-0.39, 0.29) is 21.1 Å². The van der Waals surface area contributed by atoms with Crippen molar-refractivity contribution in [1.29, 1.82) is 5.26 Å². The predicted molar refractivity (Wildman–Crippen MR) is 164 cm³/mol. The Balaban J connectivity index is 0.00000158. The van der Waals surface area contributed by atoms with Crippen LogP contribution in [0.4, 0.5) is 0 Å². The van der Waals surface area contributed by atoms with Crippen LogP contribution in [0.1, 0.15) is 87.4 Å². The van der Waals surface area contributed by atoms with Gasteiger partial charge >= 0.3 is 21.1 Å². The molecule has 0 saturated carbocycles. The molecule has 0 spiro atoms. The van der Waals surface area contributed by atoms with Crippen LogP contribution in [0, 0.1) is 44.4 Å². The minimum Gasteiger partial charge on any atom is -0.512 e. The molecule has 0 aliphatic carbocycles. The number of rotatable bonds is 6. The van der Waals surface area contributed by atoms with Crippen molar-refractivity contribution in [2.45, 2.75) is 73.1 Å². The molecule has 2 heterocycles. The maximum absolute atomic E-state index is 6.25. The Morgan fingerprint density at radius 2 is 1.26 bits per heavy atom. The van der Waals surface area contributed by atoms with Crippen LogP contribution in [0.2, 0.25) is 0 Å². The van der Waals surface area contributed by atoms with E-state index in [1.165, 1.54) is 33.5 Å². The van der Waals surface area contributed by atoms with Crippen LogP contribution in [0.15, 0.2) is 48.5 Å². The van der Waals surface area contributed by atoms with Crippen LogP contribution in [-0.4, -0.2) is 9.13 Å². The minimum absolute atomic E-state index is 0. The number of nitrogens with zero attached hydrogens (tertiary/aromatic N) is 5. The summed E-state index contributed by atoms with van der Waals surface area (Å²) in [6.07, 6.45) is 7.04. The number of para-hydroxylation sites is 2. The van der Waals surface area contributed by atoms with E-state index < -0.39 is 0 Å². The molecule has 0 amide bonds. The molecule has 0 aliphatic heterocycles. The zero-order chi connectivity index (χ0) is 30.2. The van der Waals surface area contributed by atoms with Crippen LogP contribution < -0.4 is 9.13 Å². The second-order valence-electron chi connectivity index (χ2n) is 11.8. The van der Waals surface area contributed by atoms with Crippen LogP contribution >= 0.6 is 0 Å². The van der Waals surface area contributed by atoms with Crippen LogP contribution in [-0.2, 0) is 35.2 Å². The summed E-state index contributed by atoms with van der Waals surface area (Å²) in [5.41, 5.74) is 13.3. The van der Waals surface area contributed by atoms with Crippen molar-refractivity contribution < 1.29 is 30.2 Å². The Hall–Kier alpha value is -3.48. The van der Waals surface area contributed by atoms with Crippen molar-refractivity contribution in [2.75, 3.05) is 0 Å². The van der Waals surface area contributed by atoms with Gasteiger partial charge in [0.2, 0.25) is 12.7 Å². The molecular weight excluding hydrogens is 698 g/mol. The average Bonchev–Trinajstić information content (AvgIpc) is 3.44. The third-order valence-electron chi connectivity index (χ3n) is 8.09. The largest absolute Gasteiger partial charge is 4.00 e. The zero-order valence-corrected chi connectivity index (χ0v) is 28.7. The van der Waals surface area contributed by atoms with Crippen molar-refractivity contribution >= 4 is 11.0 Å². The zero-order valence-electron chi connectivity index (χ0n) is 26.4. The van der Waals surface area contributed by atoms with Gasteiger partial charge in [-0.05, 0) is 53.9 Å².